The summed E-state index contributed by atoms with van der Waals surface area (Å²) >= 11 is 0. The van der Waals surface area contributed by atoms with E-state index in [4.69, 9.17) is 5.11 Å². The molecule has 1 aromatic rings. The molecule has 5 nitrogen and oxygen atoms in total. The molecule has 2 rings (SSSR count). The summed E-state index contributed by atoms with van der Waals surface area (Å²) < 4.78 is 0. The molecular formula is C16H22N2O3. The van der Waals surface area contributed by atoms with Crippen molar-refractivity contribution < 1.29 is 14.7 Å². The molecule has 0 radical (unpaired) electrons. The van der Waals surface area contributed by atoms with E-state index in [2.05, 4.69) is 10.6 Å². The van der Waals surface area contributed by atoms with Gasteiger partial charge in [0.05, 0.1) is 0 Å². The van der Waals surface area contributed by atoms with Gasteiger partial charge in [0.25, 0.3) is 0 Å². The van der Waals surface area contributed by atoms with Gasteiger partial charge in [-0.2, -0.15) is 0 Å². The van der Waals surface area contributed by atoms with E-state index in [-0.39, 0.29) is 24.5 Å². The summed E-state index contributed by atoms with van der Waals surface area (Å²) in [6.45, 7) is 1.73. The fourth-order valence-electron chi connectivity index (χ4n) is 2.66. The second-order valence-electron chi connectivity index (χ2n) is 5.64. The first-order chi connectivity index (χ1) is 10.1. The second kappa shape index (κ2) is 7.22. The maximum absolute atomic E-state index is 12.0. The number of ketones is 1. The lowest BCUT2D eigenvalue weighted by Gasteiger charge is -2.27. The number of Topliss-reactive ketones (excluding diaryl/α,β-unsaturated/α-hetero) is 1. The molecule has 2 amide bonds. The number of hydrogen-bond donors (Lipinski definition) is 3. The van der Waals surface area contributed by atoms with Crippen molar-refractivity contribution in [3.63, 3.8) is 0 Å². The standard InChI is InChI=1S/C16H22N2O3/c1-11(20)13-3-2-4-15(9-13)18-16(21)17-14-7-5-12(10-19)6-8-14/h2-4,9,12,14,19H,5-8,10H2,1H3,(H2,17,18,21). The van der Waals surface area contributed by atoms with Crippen molar-refractivity contribution in [1.29, 1.82) is 0 Å². The average Bonchev–Trinajstić information content (AvgIpc) is 2.48. The highest BCUT2D eigenvalue weighted by Crippen LogP contribution is 2.23. The van der Waals surface area contributed by atoms with Crippen LogP contribution >= 0.6 is 0 Å². The zero-order valence-electron chi connectivity index (χ0n) is 12.3. The van der Waals surface area contributed by atoms with Crippen LogP contribution < -0.4 is 10.6 Å². The van der Waals surface area contributed by atoms with Gasteiger partial charge in [-0.15, -0.1) is 0 Å². The quantitative estimate of drug-likeness (QED) is 0.746. The third-order valence-corrected chi connectivity index (χ3v) is 3.97. The summed E-state index contributed by atoms with van der Waals surface area (Å²) in [6.07, 6.45) is 3.68. The van der Waals surface area contributed by atoms with Gasteiger partial charge in [-0.25, -0.2) is 4.79 Å². The maximum atomic E-state index is 12.0. The number of carbonyl (C=O) groups excluding carboxylic acids is 2. The number of aliphatic hydroxyl groups is 1. The van der Waals surface area contributed by atoms with Crippen molar-refractivity contribution in [2.75, 3.05) is 11.9 Å². The Morgan fingerprint density at radius 2 is 1.95 bits per heavy atom. The molecule has 0 heterocycles. The lowest BCUT2D eigenvalue weighted by Crippen LogP contribution is -2.40. The molecule has 1 fully saturated rings. The van der Waals surface area contributed by atoms with E-state index in [1.54, 1.807) is 24.3 Å². The summed E-state index contributed by atoms with van der Waals surface area (Å²) in [6, 6.07) is 6.81. The molecule has 0 aliphatic heterocycles. The SMILES string of the molecule is CC(=O)c1cccc(NC(=O)NC2CCC(CO)CC2)c1. The highest BCUT2D eigenvalue weighted by molar-refractivity contribution is 5.96. The minimum atomic E-state index is -0.247. The Hall–Kier alpha value is -1.88. The minimum Gasteiger partial charge on any atom is -0.396 e. The van der Waals surface area contributed by atoms with Crippen molar-refractivity contribution in [3.8, 4) is 0 Å². The zero-order chi connectivity index (χ0) is 15.2. The predicted octanol–water partition coefficient (Wildman–Crippen LogP) is 2.56. The highest BCUT2D eigenvalue weighted by atomic mass is 16.3. The molecule has 3 N–H and O–H groups in total. The van der Waals surface area contributed by atoms with Crippen LogP contribution in [-0.4, -0.2) is 29.6 Å². The van der Waals surface area contributed by atoms with Gasteiger partial charge in [0, 0.05) is 23.9 Å². The topological polar surface area (TPSA) is 78.4 Å². The Balaban J connectivity index is 1.85. The largest absolute Gasteiger partial charge is 0.396 e. The lowest BCUT2D eigenvalue weighted by atomic mass is 9.87. The third kappa shape index (κ3) is 4.56. The Bertz CT molecular complexity index is 508. The number of benzene rings is 1. The molecule has 1 aromatic carbocycles. The summed E-state index contributed by atoms with van der Waals surface area (Å²) in [7, 11) is 0. The normalized spacial score (nSPS) is 21.6. The van der Waals surface area contributed by atoms with Gasteiger partial charge in [-0.3, -0.25) is 4.79 Å². The van der Waals surface area contributed by atoms with Crippen LogP contribution in [0.3, 0.4) is 0 Å². The fourth-order valence-corrected chi connectivity index (χ4v) is 2.66. The van der Waals surface area contributed by atoms with Crippen molar-refractivity contribution in [1.82, 2.24) is 5.32 Å². The molecule has 0 saturated heterocycles. The molecule has 1 saturated carbocycles. The molecule has 114 valence electrons. The first-order valence-electron chi connectivity index (χ1n) is 7.38. The number of hydrogen-bond acceptors (Lipinski definition) is 3. The van der Waals surface area contributed by atoms with Crippen LogP contribution in [0.2, 0.25) is 0 Å². The molecule has 0 bridgehead atoms. The molecule has 1 aliphatic carbocycles. The number of nitrogens with one attached hydrogen (secondary N) is 2. The van der Waals surface area contributed by atoms with Gasteiger partial charge in [-0.1, -0.05) is 12.1 Å². The molecular weight excluding hydrogens is 268 g/mol. The van der Waals surface area contributed by atoms with Crippen LogP contribution in [0.5, 0.6) is 0 Å². The first-order valence-corrected chi connectivity index (χ1v) is 7.38. The number of rotatable bonds is 4. The summed E-state index contributed by atoms with van der Waals surface area (Å²) in [5.74, 6) is 0.347. The van der Waals surface area contributed by atoms with Crippen LogP contribution in [0.15, 0.2) is 24.3 Å². The van der Waals surface area contributed by atoms with Crippen molar-refractivity contribution >= 4 is 17.5 Å². The van der Waals surface area contributed by atoms with E-state index in [9.17, 15) is 9.59 Å². The molecule has 0 unspecified atom stereocenters. The van der Waals surface area contributed by atoms with Gasteiger partial charge >= 0.3 is 6.03 Å². The molecule has 0 spiro atoms. The van der Waals surface area contributed by atoms with Crippen LogP contribution in [0.1, 0.15) is 43.0 Å². The zero-order valence-corrected chi connectivity index (χ0v) is 12.3. The average molecular weight is 290 g/mol. The van der Waals surface area contributed by atoms with E-state index in [1.165, 1.54) is 6.92 Å². The Morgan fingerprint density at radius 3 is 2.57 bits per heavy atom. The lowest BCUT2D eigenvalue weighted by molar-refractivity contribution is 0.101. The van der Waals surface area contributed by atoms with E-state index in [0.29, 0.717) is 17.2 Å². The van der Waals surface area contributed by atoms with Crippen molar-refractivity contribution in [2.24, 2.45) is 5.92 Å². The van der Waals surface area contributed by atoms with Crippen LogP contribution in [-0.2, 0) is 0 Å². The number of urea groups is 1. The Morgan fingerprint density at radius 1 is 1.24 bits per heavy atom. The molecule has 0 aromatic heterocycles. The number of carbonyl (C=O) groups is 2. The number of amides is 2. The predicted molar refractivity (Wildman–Crippen MR) is 81.4 cm³/mol. The van der Waals surface area contributed by atoms with Gasteiger partial charge in [0.2, 0.25) is 0 Å². The van der Waals surface area contributed by atoms with E-state index in [1.807, 2.05) is 0 Å². The van der Waals surface area contributed by atoms with E-state index in [0.717, 1.165) is 25.7 Å². The van der Waals surface area contributed by atoms with Gasteiger partial charge < -0.3 is 15.7 Å². The number of aliphatic hydroxyl groups excluding tert-OH is 1. The number of anilines is 1. The molecule has 5 heteroatoms. The Kier molecular flexibility index (Phi) is 5.33. The Labute approximate surface area is 124 Å². The van der Waals surface area contributed by atoms with E-state index < -0.39 is 0 Å². The van der Waals surface area contributed by atoms with Crippen LogP contribution in [0.25, 0.3) is 0 Å². The third-order valence-electron chi connectivity index (χ3n) is 3.97. The van der Waals surface area contributed by atoms with Crippen LogP contribution in [0, 0.1) is 5.92 Å². The fraction of sp³-hybridized carbons (Fsp3) is 0.500. The van der Waals surface area contributed by atoms with Gasteiger partial charge in [0.1, 0.15) is 0 Å². The van der Waals surface area contributed by atoms with Gasteiger partial charge in [0.15, 0.2) is 5.78 Å². The van der Waals surface area contributed by atoms with Crippen molar-refractivity contribution in [3.05, 3.63) is 29.8 Å². The minimum absolute atomic E-state index is 0.0265. The van der Waals surface area contributed by atoms with Crippen LogP contribution in [0.4, 0.5) is 10.5 Å². The second-order valence-corrected chi connectivity index (χ2v) is 5.64. The first kappa shape index (κ1) is 15.5. The van der Waals surface area contributed by atoms with Gasteiger partial charge in [-0.05, 0) is 50.7 Å². The maximum Gasteiger partial charge on any atom is 0.319 e. The van der Waals surface area contributed by atoms with E-state index >= 15 is 0 Å². The van der Waals surface area contributed by atoms with Crippen molar-refractivity contribution in [2.45, 2.75) is 38.6 Å². The smallest absolute Gasteiger partial charge is 0.319 e. The highest BCUT2D eigenvalue weighted by Gasteiger charge is 2.21. The summed E-state index contributed by atoms with van der Waals surface area (Å²) in [5, 5.41) is 14.8. The summed E-state index contributed by atoms with van der Waals surface area (Å²) in [5.41, 5.74) is 1.19. The summed E-state index contributed by atoms with van der Waals surface area (Å²) in [4.78, 5) is 23.3. The molecule has 1 aliphatic rings. The molecule has 21 heavy (non-hydrogen) atoms. The molecule has 0 atom stereocenters. The monoisotopic (exact) mass is 290 g/mol.